The highest BCUT2D eigenvalue weighted by atomic mass is 16.3. The Hall–Kier alpha value is -1.41. The third kappa shape index (κ3) is 1.61. The first-order valence-corrected chi connectivity index (χ1v) is 4.80. The second-order valence-corrected chi connectivity index (χ2v) is 3.58. The molecule has 1 N–H and O–H groups in total. The fourth-order valence-electron chi connectivity index (χ4n) is 1.89. The van der Waals surface area contributed by atoms with Crippen molar-refractivity contribution in [2.24, 2.45) is 0 Å². The van der Waals surface area contributed by atoms with E-state index in [4.69, 9.17) is 5.26 Å². The topological polar surface area (TPSA) is 74.7 Å². The Morgan fingerprint density at radius 3 is 2.93 bits per heavy atom. The molecule has 74 valence electrons. The molecule has 1 saturated carbocycles. The van der Waals surface area contributed by atoms with Crippen LogP contribution in [-0.4, -0.2) is 26.0 Å². The van der Waals surface area contributed by atoms with E-state index in [0.29, 0.717) is 0 Å². The van der Waals surface area contributed by atoms with E-state index in [1.807, 2.05) is 6.07 Å². The van der Waals surface area contributed by atoms with Crippen LogP contribution >= 0.6 is 0 Å². The van der Waals surface area contributed by atoms with Gasteiger partial charge in [0.1, 0.15) is 12.4 Å². The van der Waals surface area contributed by atoms with Crippen molar-refractivity contribution in [2.75, 3.05) is 0 Å². The highest BCUT2D eigenvalue weighted by Gasteiger charge is 2.25. The Bertz CT molecular complexity index is 354. The molecule has 0 radical (unpaired) electrons. The maximum absolute atomic E-state index is 9.73. The minimum absolute atomic E-state index is 0.00153. The molecule has 5 heteroatoms. The number of hydrogen-bond donors (Lipinski definition) is 1. The minimum atomic E-state index is -0.350. The summed E-state index contributed by atoms with van der Waals surface area (Å²) in [4.78, 5) is 3.82. The lowest BCUT2D eigenvalue weighted by Gasteiger charge is -2.27. The molecule has 0 amide bonds. The van der Waals surface area contributed by atoms with Crippen LogP contribution in [0.4, 0.5) is 0 Å². The minimum Gasteiger partial charge on any atom is -0.391 e. The molecule has 1 heterocycles. The van der Waals surface area contributed by atoms with Gasteiger partial charge in [-0.25, -0.2) is 9.67 Å². The highest BCUT2D eigenvalue weighted by molar-refractivity contribution is 5.05. The summed E-state index contributed by atoms with van der Waals surface area (Å²) in [7, 11) is 0. The first-order chi connectivity index (χ1) is 6.81. The summed E-state index contributed by atoms with van der Waals surface area (Å²) < 4.78 is 1.61. The zero-order valence-electron chi connectivity index (χ0n) is 7.80. The lowest BCUT2D eigenvalue weighted by molar-refractivity contribution is 0.0692. The Labute approximate surface area is 82.0 Å². The number of nitriles is 1. The van der Waals surface area contributed by atoms with Crippen LogP contribution in [0.2, 0.25) is 0 Å². The van der Waals surface area contributed by atoms with E-state index < -0.39 is 0 Å². The summed E-state index contributed by atoms with van der Waals surface area (Å²) in [5, 5.41) is 22.3. The van der Waals surface area contributed by atoms with Crippen LogP contribution in [0.1, 0.15) is 37.5 Å². The van der Waals surface area contributed by atoms with Gasteiger partial charge in [-0.15, -0.1) is 5.10 Å². The number of nitrogens with zero attached hydrogens (tertiary/aromatic N) is 4. The predicted molar refractivity (Wildman–Crippen MR) is 48.2 cm³/mol. The van der Waals surface area contributed by atoms with E-state index >= 15 is 0 Å². The maximum Gasteiger partial charge on any atom is 0.252 e. The first-order valence-electron chi connectivity index (χ1n) is 4.80. The van der Waals surface area contributed by atoms with Gasteiger partial charge in [-0.3, -0.25) is 0 Å². The normalized spacial score (nSPS) is 27.1. The quantitative estimate of drug-likeness (QED) is 0.708. The van der Waals surface area contributed by atoms with Crippen LogP contribution in [0.3, 0.4) is 0 Å². The Balaban J connectivity index is 2.17. The summed E-state index contributed by atoms with van der Waals surface area (Å²) in [6.45, 7) is 0. The van der Waals surface area contributed by atoms with Crippen LogP contribution in [-0.2, 0) is 0 Å². The second-order valence-electron chi connectivity index (χ2n) is 3.58. The molecule has 14 heavy (non-hydrogen) atoms. The molecule has 0 unspecified atom stereocenters. The van der Waals surface area contributed by atoms with Gasteiger partial charge < -0.3 is 5.11 Å². The molecule has 0 aromatic carbocycles. The first kappa shape index (κ1) is 9.16. The molecule has 1 aliphatic carbocycles. The Kier molecular flexibility index (Phi) is 2.46. The fourth-order valence-corrected chi connectivity index (χ4v) is 1.89. The van der Waals surface area contributed by atoms with Gasteiger partial charge in [-0.2, -0.15) is 5.26 Å². The van der Waals surface area contributed by atoms with Crippen molar-refractivity contribution in [3.8, 4) is 6.07 Å². The fraction of sp³-hybridized carbons (Fsp3) is 0.667. The average molecular weight is 192 g/mol. The van der Waals surface area contributed by atoms with E-state index in [1.54, 1.807) is 4.68 Å². The van der Waals surface area contributed by atoms with Crippen LogP contribution in [0, 0.1) is 11.3 Å². The average Bonchev–Trinajstić information content (AvgIpc) is 2.67. The zero-order chi connectivity index (χ0) is 9.97. The van der Waals surface area contributed by atoms with Gasteiger partial charge >= 0.3 is 0 Å². The molecule has 5 nitrogen and oxygen atoms in total. The number of aromatic nitrogens is 3. The highest BCUT2D eigenvalue weighted by Crippen LogP contribution is 2.27. The van der Waals surface area contributed by atoms with Crippen molar-refractivity contribution >= 4 is 0 Å². The monoisotopic (exact) mass is 192 g/mol. The van der Waals surface area contributed by atoms with Gasteiger partial charge in [0.05, 0.1) is 12.1 Å². The number of aliphatic hydroxyl groups excluding tert-OH is 1. The van der Waals surface area contributed by atoms with Crippen LogP contribution in [0.25, 0.3) is 0 Å². The SMILES string of the molecule is N#Cc1ncn([C@@H]2CCCC[C@H]2O)n1. The largest absolute Gasteiger partial charge is 0.391 e. The Morgan fingerprint density at radius 2 is 2.29 bits per heavy atom. The second kappa shape index (κ2) is 3.76. The summed E-state index contributed by atoms with van der Waals surface area (Å²) in [6, 6.07) is 1.88. The molecule has 0 bridgehead atoms. The molecule has 0 spiro atoms. The Morgan fingerprint density at radius 1 is 1.50 bits per heavy atom. The van der Waals surface area contributed by atoms with Gasteiger partial charge in [-0.1, -0.05) is 12.8 Å². The smallest absolute Gasteiger partial charge is 0.252 e. The number of aliphatic hydroxyl groups is 1. The van der Waals surface area contributed by atoms with Gasteiger partial charge in [0, 0.05) is 0 Å². The summed E-state index contributed by atoms with van der Waals surface area (Å²) >= 11 is 0. The van der Waals surface area contributed by atoms with Crippen molar-refractivity contribution < 1.29 is 5.11 Å². The van der Waals surface area contributed by atoms with E-state index in [9.17, 15) is 5.11 Å². The van der Waals surface area contributed by atoms with E-state index in [0.717, 1.165) is 25.7 Å². The molecular formula is C9H12N4O. The molecular weight excluding hydrogens is 180 g/mol. The third-order valence-corrected chi connectivity index (χ3v) is 2.64. The van der Waals surface area contributed by atoms with Crippen LogP contribution in [0.15, 0.2) is 6.33 Å². The van der Waals surface area contributed by atoms with Gasteiger partial charge in [0.15, 0.2) is 0 Å². The molecule has 1 fully saturated rings. The van der Waals surface area contributed by atoms with Crippen LogP contribution in [0.5, 0.6) is 0 Å². The molecule has 1 aromatic rings. The number of rotatable bonds is 1. The van der Waals surface area contributed by atoms with Gasteiger partial charge in [0.25, 0.3) is 5.82 Å². The van der Waals surface area contributed by atoms with Crippen molar-refractivity contribution in [3.63, 3.8) is 0 Å². The molecule has 2 rings (SSSR count). The van der Waals surface area contributed by atoms with Crippen molar-refractivity contribution in [3.05, 3.63) is 12.2 Å². The van der Waals surface area contributed by atoms with Gasteiger partial charge in [0.2, 0.25) is 0 Å². The standard InChI is InChI=1S/C9H12N4O/c10-5-9-11-6-13(12-9)7-3-1-2-4-8(7)14/h6-8,14H,1-4H2/t7-,8-/m1/s1. The predicted octanol–water partition coefficient (Wildman–Crippen LogP) is 0.626. The summed E-state index contributed by atoms with van der Waals surface area (Å²) in [5.41, 5.74) is 0. The van der Waals surface area contributed by atoms with E-state index in [-0.39, 0.29) is 18.0 Å². The molecule has 0 saturated heterocycles. The molecule has 1 aliphatic rings. The summed E-state index contributed by atoms with van der Waals surface area (Å²) in [5.74, 6) is 0.169. The lowest BCUT2D eigenvalue weighted by Crippen LogP contribution is -2.27. The van der Waals surface area contributed by atoms with Crippen LogP contribution < -0.4 is 0 Å². The van der Waals surface area contributed by atoms with Gasteiger partial charge in [-0.05, 0) is 12.8 Å². The maximum atomic E-state index is 9.73. The third-order valence-electron chi connectivity index (χ3n) is 2.64. The zero-order valence-corrected chi connectivity index (χ0v) is 7.80. The van der Waals surface area contributed by atoms with Crippen molar-refractivity contribution in [1.29, 1.82) is 5.26 Å². The van der Waals surface area contributed by atoms with Crippen molar-refractivity contribution in [2.45, 2.75) is 37.8 Å². The van der Waals surface area contributed by atoms with E-state index in [2.05, 4.69) is 10.1 Å². The molecule has 0 aliphatic heterocycles. The molecule has 2 atom stereocenters. The molecule has 1 aromatic heterocycles. The number of hydrogen-bond acceptors (Lipinski definition) is 4. The lowest BCUT2D eigenvalue weighted by atomic mass is 9.93. The van der Waals surface area contributed by atoms with E-state index in [1.165, 1.54) is 6.33 Å². The summed E-state index contributed by atoms with van der Waals surface area (Å²) in [6.07, 6.45) is 5.07. The van der Waals surface area contributed by atoms with Crippen molar-refractivity contribution in [1.82, 2.24) is 14.8 Å².